The molecule has 0 aliphatic carbocycles. The fraction of sp³-hybridized carbons (Fsp3) is 0.176. The molecule has 102 valence electrons. The largest absolute Gasteiger partial charge is 0.352 e. The highest BCUT2D eigenvalue weighted by Crippen LogP contribution is 2.05. The van der Waals surface area contributed by atoms with Gasteiger partial charge in [-0.25, -0.2) is 0 Å². The predicted octanol–water partition coefficient (Wildman–Crippen LogP) is 2.86. The van der Waals surface area contributed by atoms with Gasteiger partial charge in [0.1, 0.15) is 0 Å². The molecule has 0 aliphatic rings. The van der Waals surface area contributed by atoms with Crippen LogP contribution in [0, 0.1) is 0 Å². The van der Waals surface area contributed by atoms with Crippen LogP contribution in [-0.4, -0.2) is 18.2 Å². The quantitative estimate of drug-likeness (QED) is 0.847. The molecule has 0 aliphatic heterocycles. The molecule has 3 nitrogen and oxygen atoms in total. The van der Waals surface area contributed by atoms with E-state index in [2.05, 4.69) is 5.32 Å². The number of carbonyl (C=O) groups is 2. The number of hydrogen-bond acceptors (Lipinski definition) is 2. The molecule has 0 fully saturated rings. The van der Waals surface area contributed by atoms with Crippen molar-refractivity contribution in [2.24, 2.45) is 0 Å². The minimum absolute atomic E-state index is 0.0638. The minimum atomic E-state index is -0.0639. The van der Waals surface area contributed by atoms with Gasteiger partial charge in [0.05, 0.1) is 0 Å². The van der Waals surface area contributed by atoms with Crippen LogP contribution in [0.2, 0.25) is 0 Å². The van der Waals surface area contributed by atoms with Crippen molar-refractivity contribution in [2.75, 3.05) is 6.54 Å². The summed E-state index contributed by atoms with van der Waals surface area (Å²) < 4.78 is 0. The highest BCUT2D eigenvalue weighted by atomic mass is 16.1. The Morgan fingerprint density at radius 3 is 2.15 bits per heavy atom. The third kappa shape index (κ3) is 3.79. The molecule has 2 aromatic carbocycles. The number of benzene rings is 2. The van der Waals surface area contributed by atoms with Gasteiger partial charge in [-0.1, -0.05) is 42.5 Å². The van der Waals surface area contributed by atoms with Gasteiger partial charge in [0.25, 0.3) is 5.91 Å². The van der Waals surface area contributed by atoms with Crippen LogP contribution < -0.4 is 5.32 Å². The van der Waals surface area contributed by atoms with Crippen LogP contribution in [0.4, 0.5) is 0 Å². The lowest BCUT2D eigenvalue weighted by Gasteiger charge is -2.06. The maximum absolute atomic E-state index is 11.8. The first kappa shape index (κ1) is 14.0. The molecule has 0 radical (unpaired) electrons. The zero-order chi connectivity index (χ0) is 14.4. The molecule has 0 aromatic heterocycles. The van der Waals surface area contributed by atoms with Gasteiger partial charge in [0.2, 0.25) is 0 Å². The fourth-order valence-corrected chi connectivity index (χ4v) is 1.92. The third-order valence-electron chi connectivity index (χ3n) is 3.10. The summed E-state index contributed by atoms with van der Waals surface area (Å²) in [4.78, 5) is 23.0. The van der Waals surface area contributed by atoms with E-state index in [-0.39, 0.29) is 11.7 Å². The molecule has 20 heavy (non-hydrogen) atoms. The highest BCUT2D eigenvalue weighted by Gasteiger charge is 2.03. The molecule has 2 rings (SSSR count). The first-order valence-corrected chi connectivity index (χ1v) is 6.60. The zero-order valence-corrected chi connectivity index (χ0v) is 11.4. The maximum Gasteiger partial charge on any atom is 0.251 e. The van der Waals surface area contributed by atoms with Gasteiger partial charge in [-0.05, 0) is 31.0 Å². The third-order valence-corrected chi connectivity index (χ3v) is 3.10. The molecular formula is C17H17NO2. The van der Waals surface area contributed by atoms with Gasteiger partial charge in [-0.15, -0.1) is 0 Å². The van der Waals surface area contributed by atoms with Crippen molar-refractivity contribution >= 4 is 11.7 Å². The first-order chi connectivity index (χ1) is 9.66. The number of amides is 1. The zero-order valence-electron chi connectivity index (χ0n) is 11.4. The molecule has 0 spiro atoms. The van der Waals surface area contributed by atoms with Crippen molar-refractivity contribution in [3.63, 3.8) is 0 Å². The Morgan fingerprint density at radius 2 is 1.55 bits per heavy atom. The van der Waals surface area contributed by atoms with Crippen molar-refractivity contribution in [1.82, 2.24) is 5.32 Å². The molecule has 0 bridgehead atoms. The Bertz CT molecular complexity index is 588. The van der Waals surface area contributed by atoms with E-state index in [0.717, 1.165) is 12.0 Å². The van der Waals surface area contributed by atoms with Crippen molar-refractivity contribution in [3.05, 3.63) is 71.3 Å². The molecule has 0 atom stereocenters. The number of rotatable bonds is 5. The summed E-state index contributed by atoms with van der Waals surface area (Å²) in [5.41, 5.74) is 2.48. The van der Waals surface area contributed by atoms with Crippen molar-refractivity contribution in [2.45, 2.75) is 13.3 Å². The molecule has 1 amide bonds. The molecule has 0 saturated carbocycles. The van der Waals surface area contributed by atoms with Gasteiger partial charge >= 0.3 is 0 Å². The summed E-state index contributed by atoms with van der Waals surface area (Å²) in [6.07, 6.45) is 0.747. The number of hydrogen-bond donors (Lipinski definition) is 1. The lowest BCUT2D eigenvalue weighted by atomic mass is 10.1. The van der Waals surface area contributed by atoms with Crippen LogP contribution in [0.3, 0.4) is 0 Å². The van der Waals surface area contributed by atoms with Crippen LogP contribution in [-0.2, 0) is 6.42 Å². The van der Waals surface area contributed by atoms with Crippen LogP contribution >= 0.6 is 0 Å². The van der Waals surface area contributed by atoms with Gasteiger partial charge in [-0.2, -0.15) is 0 Å². The van der Waals surface area contributed by atoms with Crippen molar-refractivity contribution in [3.8, 4) is 0 Å². The van der Waals surface area contributed by atoms with Gasteiger partial charge in [-0.3, -0.25) is 9.59 Å². The summed E-state index contributed by atoms with van der Waals surface area (Å²) in [6.45, 7) is 2.13. The van der Waals surface area contributed by atoms with Gasteiger partial charge in [0, 0.05) is 17.7 Å². The number of ketones is 1. The summed E-state index contributed by atoms with van der Waals surface area (Å²) in [5.74, 6) is -0.000105. The van der Waals surface area contributed by atoms with E-state index in [1.54, 1.807) is 19.1 Å². The topological polar surface area (TPSA) is 46.2 Å². The molecule has 0 unspecified atom stereocenters. The molecule has 1 N–H and O–H groups in total. The molecule has 0 heterocycles. The van der Waals surface area contributed by atoms with E-state index in [9.17, 15) is 9.59 Å². The standard InChI is InChI=1S/C17H17NO2/c1-13(19)15-9-7-14(8-10-15)11-12-18-17(20)16-5-3-2-4-6-16/h2-10H,11-12H2,1H3,(H,18,20). The van der Waals surface area contributed by atoms with E-state index in [1.165, 1.54) is 0 Å². The minimum Gasteiger partial charge on any atom is -0.352 e. The Kier molecular flexibility index (Phi) is 4.66. The lowest BCUT2D eigenvalue weighted by Crippen LogP contribution is -2.25. The summed E-state index contributed by atoms with van der Waals surface area (Å²) >= 11 is 0. The number of Topliss-reactive ketones (excluding diaryl/α,β-unsaturated/α-hetero) is 1. The van der Waals surface area contributed by atoms with Crippen LogP contribution in [0.1, 0.15) is 33.2 Å². The average molecular weight is 267 g/mol. The highest BCUT2D eigenvalue weighted by molar-refractivity contribution is 5.94. The number of nitrogens with one attached hydrogen (secondary N) is 1. The second-order valence-corrected chi connectivity index (χ2v) is 4.63. The molecular weight excluding hydrogens is 250 g/mol. The van der Waals surface area contributed by atoms with Crippen LogP contribution in [0.25, 0.3) is 0 Å². The van der Waals surface area contributed by atoms with E-state index >= 15 is 0 Å². The van der Waals surface area contributed by atoms with Gasteiger partial charge in [0.15, 0.2) is 5.78 Å². The molecule has 0 saturated heterocycles. The summed E-state index contributed by atoms with van der Waals surface area (Å²) in [5, 5.41) is 2.88. The predicted molar refractivity (Wildman–Crippen MR) is 78.9 cm³/mol. The second-order valence-electron chi connectivity index (χ2n) is 4.63. The summed E-state index contributed by atoms with van der Waals surface area (Å²) in [7, 11) is 0. The van der Waals surface area contributed by atoms with E-state index < -0.39 is 0 Å². The normalized spacial score (nSPS) is 10.1. The SMILES string of the molecule is CC(=O)c1ccc(CCNC(=O)c2ccccc2)cc1. The monoisotopic (exact) mass is 267 g/mol. The van der Waals surface area contributed by atoms with Crippen molar-refractivity contribution in [1.29, 1.82) is 0 Å². The van der Waals surface area contributed by atoms with E-state index in [4.69, 9.17) is 0 Å². The maximum atomic E-state index is 11.8. The molecule has 2 aromatic rings. The first-order valence-electron chi connectivity index (χ1n) is 6.60. The lowest BCUT2D eigenvalue weighted by molar-refractivity contribution is 0.0953. The summed E-state index contributed by atoms with van der Waals surface area (Å²) in [6, 6.07) is 16.6. The van der Waals surface area contributed by atoms with Crippen LogP contribution in [0.15, 0.2) is 54.6 Å². The fourth-order valence-electron chi connectivity index (χ4n) is 1.92. The van der Waals surface area contributed by atoms with E-state index in [1.807, 2.05) is 42.5 Å². The second kappa shape index (κ2) is 6.66. The van der Waals surface area contributed by atoms with E-state index in [0.29, 0.717) is 17.7 Å². The Morgan fingerprint density at radius 1 is 0.900 bits per heavy atom. The van der Waals surface area contributed by atoms with Gasteiger partial charge < -0.3 is 5.32 Å². The smallest absolute Gasteiger partial charge is 0.251 e. The Labute approximate surface area is 118 Å². The average Bonchev–Trinajstić information content (AvgIpc) is 2.48. The Hall–Kier alpha value is -2.42. The molecule has 3 heteroatoms. The Balaban J connectivity index is 1.84. The van der Waals surface area contributed by atoms with Crippen molar-refractivity contribution < 1.29 is 9.59 Å². The van der Waals surface area contributed by atoms with Crippen LogP contribution in [0.5, 0.6) is 0 Å². The number of carbonyl (C=O) groups excluding carboxylic acids is 2.